The van der Waals surface area contributed by atoms with Crippen molar-refractivity contribution in [1.29, 1.82) is 0 Å². The minimum Gasteiger partial charge on any atom is -0.428 e. The summed E-state index contributed by atoms with van der Waals surface area (Å²) in [4.78, 5) is 8.55. The van der Waals surface area contributed by atoms with E-state index in [1.54, 1.807) is 0 Å². The van der Waals surface area contributed by atoms with Crippen LogP contribution in [0.15, 0.2) is 27.0 Å². The van der Waals surface area contributed by atoms with Crippen LogP contribution in [0.2, 0.25) is 0 Å². The second-order valence-corrected chi connectivity index (χ2v) is 4.28. The monoisotopic (exact) mass is 243 g/mol. The average molecular weight is 243 g/mol. The Kier molecular flexibility index (Phi) is 2.33. The summed E-state index contributed by atoms with van der Waals surface area (Å²) < 4.78 is 11.0. The molecule has 1 N–H and O–H groups in total. The number of nitrogens with zero attached hydrogens (tertiary/aromatic N) is 2. The molecule has 0 aliphatic rings. The Labute approximate surface area is 104 Å². The highest BCUT2D eigenvalue weighted by molar-refractivity contribution is 5.75. The molecule has 0 spiro atoms. The van der Waals surface area contributed by atoms with Crippen molar-refractivity contribution in [3.63, 3.8) is 0 Å². The minimum atomic E-state index is 0.386. The van der Waals surface area contributed by atoms with E-state index in [0.29, 0.717) is 12.0 Å². The predicted molar refractivity (Wildman–Crippen MR) is 68.0 cm³/mol. The van der Waals surface area contributed by atoms with E-state index in [-0.39, 0.29) is 0 Å². The summed E-state index contributed by atoms with van der Waals surface area (Å²) in [6, 6.07) is 6.63. The summed E-state index contributed by atoms with van der Waals surface area (Å²) in [6.07, 6.45) is 0. The summed E-state index contributed by atoms with van der Waals surface area (Å²) in [7, 11) is 0. The van der Waals surface area contributed by atoms with Gasteiger partial charge in [0, 0.05) is 0 Å². The van der Waals surface area contributed by atoms with Crippen molar-refractivity contribution in [2.75, 3.05) is 5.32 Å². The highest BCUT2D eigenvalue weighted by Crippen LogP contribution is 2.23. The molecule has 18 heavy (non-hydrogen) atoms. The quantitative estimate of drug-likeness (QED) is 0.746. The van der Waals surface area contributed by atoms with Crippen molar-refractivity contribution in [3.8, 4) is 0 Å². The smallest absolute Gasteiger partial charge is 0.303 e. The second kappa shape index (κ2) is 3.87. The number of oxazole rings is 2. The Bertz CT molecular complexity index is 693. The van der Waals surface area contributed by atoms with Gasteiger partial charge >= 0.3 is 12.0 Å². The molecule has 0 aliphatic carbocycles. The first-order valence-electron chi connectivity index (χ1n) is 5.70. The van der Waals surface area contributed by atoms with E-state index in [1.807, 2.05) is 39.0 Å². The zero-order valence-electron chi connectivity index (χ0n) is 10.4. The number of hydrogen-bond acceptors (Lipinski definition) is 5. The van der Waals surface area contributed by atoms with Crippen molar-refractivity contribution >= 4 is 23.1 Å². The van der Waals surface area contributed by atoms with E-state index in [4.69, 9.17) is 8.83 Å². The standard InChI is InChI=1S/C13H13N3O2/c1-7-4-5-11-10(6-7)15-13(18-11)16-12-14-8(2)9(3)17-12/h4-6H,1-3H3,(H,14,15,16). The molecule has 5 nitrogen and oxygen atoms in total. The lowest BCUT2D eigenvalue weighted by atomic mass is 10.2. The molecule has 0 saturated heterocycles. The van der Waals surface area contributed by atoms with Gasteiger partial charge in [0.1, 0.15) is 11.3 Å². The first-order valence-corrected chi connectivity index (χ1v) is 5.70. The van der Waals surface area contributed by atoms with Gasteiger partial charge in [-0.15, -0.1) is 0 Å². The maximum absolute atomic E-state index is 5.55. The van der Waals surface area contributed by atoms with Gasteiger partial charge in [0.2, 0.25) is 0 Å². The van der Waals surface area contributed by atoms with E-state index in [2.05, 4.69) is 15.3 Å². The third-order valence-electron chi connectivity index (χ3n) is 2.79. The molecule has 0 saturated carbocycles. The van der Waals surface area contributed by atoms with Crippen LogP contribution in [0, 0.1) is 20.8 Å². The van der Waals surface area contributed by atoms with Gasteiger partial charge in [-0.2, -0.15) is 9.97 Å². The average Bonchev–Trinajstić information content (AvgIpc) is 2.82. The van der Waals surface area contributed by atoms with Crippen LogP contribution in [0.5, 0.6) is 0 Å². The number of aryl methyl sites for hydroxylation is 3. The summed E-state index contributed by atoms with van der Waals surface area (Å²) in [5.74, 6) is 0.782. The number of aromatic nitrogens is 2. The van der Waals surface area contributed by atoms with Crippen molar-refractivity contribution in [2.24, 2.45) is 0 Å². The van der Waals surface area contributed by atoms with E-state index >= 15 is 0 Å². The van der Waals surface area contributed by atoms with Crippen molar-refractivity contribution in [1.82, 2.24) is 9.97 Å². The van der Waals surface area contributed by atoms with Gasteiger partial charge in [0.25, 0.3) is 0 Å². The van der Waals surface area contributed by atoms with Gasteiger partial charge in [0.15, 0.2) is 5.58 Å². The van der Waals surface area contributed by atoms with Crippen LogP contribution in [0.4, 0.5) is 12.0 Å². The molecule has 92 valence electrons. The van der Waals surface area contributed by atoms with Crippen LogP contribution in [0.25, 0.3) is 11.1 Å². The second-order valence-electron chi connectivity index (χ2n) is 4.28. The van der Waals surface area contributed by atoms with E-state index < -0.39 is 0 Å². The van der Waals surface area contributed by atoms with Crippen molar-refractivity contribution in [3.05, 3.63) is 35.2 Å². The molecule has 3 aromatic rings. The Morgan fingerprint density at radius 2 is 1.78 bits per heavy atom. The lowest BCUT2D eigenvalue weighted by Gasteiger charge is -1.92. The van der Waals surface area contributed by atoms with Gasteiger partial charge in [-0.05, 0) is 38.5 Å². The number of benzene rings is 1. The molecule has 1 aromatic carbocycles. The largest absolute Gasteiger partial charge is 0.428 e. The van der Waals surface area contributed by atoms with Crippen LogP contribution in [-0.4, -0.2) is 9.97 Å². The third kappa shape index (κ3) is 1.84. The van der Waals surface area contributed by atoms with E-state index in [9.17, 15) is 0 Å². The van der Waals surface area contributed by atoms with E-state index in [1.165, 1.54) is 0 Å². The zero-order chi connectivity index (χ0) is 12.7. The predicted octanol–water partition coefficient (Wildman–Crippen LogP) is 3.48. The normalized spacial score (nSPS) is 11.1. The highest BCUT2D eigenvalue weighted by atomic mass is 16.4. The SMILES string of the molecule is Cc1ccc2oc(Nc3nc(C)c(C)o3)nc2c1. The first-order chi connectivity index (χ1) is 8.61. The zero-order valence-corrected chi connectivity index (χ0v) is 10.4. The molecular weight excluding hydrogens is 230 g/mol. The summed E-state index contributed by atoms with van der Waals surface area (Å²) in [5.41, 5.74) is 3.55. The van der Waals surface area contributed by atoms with Gasteiger partial charge < -0.3 is 8.83 Å². The van der Waals surface area contributed by atoms with Crippen LogP contribution in [0.1, 0.15) is 17.0 Å². The first kappa shape index (κ1) is 10.8. The Morgan fingerprint density at radius 1 is 1.00 bits per heavy atom. The maximum atomic E-state index is 5.55. The Balaban J connectivity index is 1.95. The van der Waals surface area contributed by atoms with Crippen molar-refractivity contribution < 1.29 is 8.83 Å². The molecule has 0 amide bonds. The molecule has 2 heterocycles. The fourth-order valence-electron chi connectivity index (χ4n) is 1.71. The molecule has 0 bridgehead atoms. The fraction of sp³-hybridized carbons (Fsp3) is 0.231. The maximum Gasteiger partial charge on any atom is 0.303 e. The molecule has 3 rings (SSSR count). The number of rotatable bonds is 2. The van der Waals surface area contributed by atoms with Gasteiger partial charge in [0.05, 0.1) is 5.69 Å². The Morgan fingerprint density at radius 3 is 2.50 bits per heavy atom. The number of fused-ring (bicyclic) bond motifs is 1. The van der Waals surface area contributed by atoms with Crippen LogP contribution < -0.4 is 5.32 Å². The molecule has 5 heteroatoms. The molecule has 0 fully saturated rings. The molecule has 0 atom stereocenters. The highest BCUT2D eigenvalue weighted by Gasteiger charge is 2.10. The van der Waals surface area contributed by atoms with Gasteiger partial charge in [-0.25, -0.2) is 0 Å². The molecule has 0 aliphatic heterocycles. The molecule has 2 aromatic heterocycles. The minimum absolute atomic E-state index is 0.386. The van der Waals surface area contributed by atoms with Crippen LogP contribution in [-0.2, 0) is 0 Å². The van der Waals surface area contributed by atoms with Gasteiger partial charge in [-0.3, -0.25) is 5.32 Å². The van der Waals surface area contributed by atoms with E-state index in [0.717, 1.165) is 28.1 Å². The number of nitrogens with one attached hydrogen (secondary N) is 1. The van der Waals surface area contributed by atoms with Crippen molar-refractivity contribution in [2.45, 2.75) is 20.8 Å². The lowest BCUT2D eigenvalue weighted by molar-refractivity contribution is 0.535. The summed E-state index contributed by atoms with van der Waals surface area (Å²) >= 11 is 0. The Hall–Kier alpha value is -2.30. The molecule has 0 radical (unpaired) electrons. The topological polar surface area (TPSA) is 64.1 Å². The molecule has 0 unspecified atom stereocenters. The van der Waals surface area contributed by atoms with Crippen LogP contribution in [0.3, 0.4) is 0 Å². The van der Waals surface area contributed by atoms with Gasteiger partial charge in [-0.1, -0.05) is 6.07 Å². The summed E-state index contributed by atoms with van der Waals surface area (Å²) in [6.45, 7) is 5.77. The number of hydrogen-bond donors (Lipinski definition) is 1. The lowest BCUT2D eigenvalue weighted by Crippen LogP contribution is -1.89. The summed E-state index contributed by atoms with van der Waals surface area (Å²) in [5, 5.41) is 2.92. The number of anilines is 2. The fourth-order valence-corrected chi connectivity index (χ4v) is 1.71. The molecular formula is C13H13N3O2. The third-order valence-corrected chi connectivity index (χ3v) is 2.79. The van der Waals surface area contributed by atoms with Crippen LogP contribution >= 0.6 is 0 Å².